The third-order valence-corrected chi connectivity index (χ3v) is 5.86. The Morgan fingerprint density at radius 3 is 2.50 bits per heavy atom. The van der Waals surface area contributed by atoms with Crippen molar-refractivity contribution in [3.63, 3.8) is 0 Å². The fourth-order valence-corrected chi connectivity index (χ4v) is 4.18. The number of hydrogen-bond donors (Lipinski definition) is 3. The van der Waals surface area contributed by atoms with Crippen LogP contribution in [0, 0.1) is 0 Å². The number of ether oxygens (including phenoxy) is 1. The molecule has 8 heteroatoms. The van der Waals surface area contributed by atoms with E-state index in [1.807, 2.05) is 12.1 Å². The molecule has 1 aliphatic rings. The minimum Gasteiger partial charge on any atom is -0.496 e. The van der Waals surface area contributed by atoms with E-state index in [0.717, 1.165) is 31.2 Å². The van der Waals surface area contributed by atoms with E-state index in [4.69, 9.17) is 10.5 Å². The van der Waals surface area contributed by atoms with Crippen molar-refractivity contribution in [3.05, 3.63) is 65.2 Å². The van der Waals surface area contributed by atoms with Crippen molar-refractivity contribution in [2.75, 3.05) is 12.8 Å². The van der Waals surface area contributed by atoms with Gasteiger partial charge in [-0.2, -0.15) is 5.10 Å². The average molecular weight is 434 g/mol. The molecular formula is C24H26N4O4. The Bertz CT molecular complexity index is 1130. The molecule has 1 saturated carbocycles. The van der Waals surface area contributed by atoms with Gasteiger partial charge in [0, 0.05) is 12.1 Å². The third-order valence-electron chi connectivity index (χ3n) is 5.86. The van der Waals surface area contributed by atoms with Crippen LogP contribution in [0.1, 0.15) is 58.0 Å². The first-order chi connectivity index (χ1) is 15.5. The number of carboxylic acids is 1. The fraction of sp³-hybridized carbons (Fsp3) is 0.292. The van der Waals surface area contributed by atoms with Crippen LogP contribution in [0.5, 0.6) is 5.75 Å². The van der Waals surface area contributed by atoms with Crippen LogP contribution in [-0.2, 0) is 6.54 Å². The minimum absolute atomic E-state index is 0.0362. The maximum Gasteiger partial charge on any atom is 0.341 e. The zero-order valence-corrected chi connectivity index (χ0v) is 17.9. The molecule has 4 N–H and O–H groups in total. The molecule has 8 nitrogen and oxygen atoms in total. The van der Waals surface area contributed by atoms with Crippen LogP contribution < -0.4 is 15.8 Å². The van der Waals surface area contributed by atoms with Gasteiger partial charge in [0.05, 0.1) is 18.7 Å². The summed E-state index contributed by atoms with van der Waals surface area (Å²) in [6, 6.07) is 14.5. The highest BCUT2D eigenvalue weighted by molar-refractivity contribution is 6.00. The molecule has 1 aliphatic carbocycles. The van der Waals surface area contributed by atoms with Gasteiger partial charge in [0.15, 0.2) is 0 Å². The van der Waals surface area contributed by atoms with Gasteiger partial charge in [-0.25, -0.2) is 9.48 Å². The highest BCUT2D eigenvalue weighted by Crippen LogP contribution is 2.35. The van der Waals surface area contributed by atoms with Crippen LogP contribution in [0.2, 0.25) is 0 Å². The number of aromatic carboxylic acids is 1. The van der Waals surface area contributed by atoms with Gasteiger partial charge >= 0.3 is 5.97 Å². The molecule has 0 bridgehead atoms. The maximum atomic E-state index is 12.5. The van der Waals surface area contributed by atoms with E-state index in [0.29, 0.717) is 29.1 Å². The lowest BCUT2D eigenvalue weighted by molar-refractivity contribution is 0.0698. The largest absolute Gasteiger partial charge is 0.496 e. The van der Waals surface area contributed by atoms with Gasteiger partial charge in [0.1, 0.15) is 22.8 Å². The van der Waals surface area contributed by atoms with Crippen LogP contribution in [0.25, 0.3) is 11.3 Å². The molecule has 1 heterocycles. The topological polar surface area (TPSA) is 119 Å². The molecule has 0 aliphatic heterocycles. The van der Waals surface area contributed by atoms with Crippen LogP contribution >= 0.6 is 0 Å². The number of nitrogens with two attached hydrogens (primary N) is 1. The molecule has 166 valence electrons. The van der Waals surface area contributed by atoms with Crippen molar-refractivity contribution in [3.8, 4) is 17.0 Å². The van der Waals surface area contributed by atoms with E-state index in [1.54, 1.807) is 41.1 Å². The summed E-state index contributed by atoms with van der Waals surface area (Å²) in [5.74, 6) is -0.609. The van der Waals surface area contributed by atoms with E-state index in [9.17, 15) is 14.7 Å². The van der Waals surface area contributed by atoms with Crippen LogP contribution in [-0.4, -0.2) is 33.9 Å². The molecule has 0 spiro atoms. The lowest BCUT2D eigenvalue weighted by Crippen LogP contribution is -2.23. The second-order valence-electron chi connectivity index (χ2n) is 7.88. The molecule has 3 aromatic rings. The lowest BCUT2D eigenvalue weighted by atomic mass is 10.1. The predicted molar refractivity (Wildman–Crippen MR) is 121 cm³/mol. The number of benzene rings is 2. The molecule has 0 saturated heterocycles. The van der Waals surface area contributed by atoms with E-state index < -0.39 is 5.97 Å². The Morgan fingerprint density at radius 2 is 1.84 bits per heavy atom. The number of nitrogens with zero attached hydrogens (tertiary/aromatic N) is 2. The smallest absolute Gasteiger partial charge is 0.341 e. The number of carbonyl (C=O) groups is 2. The van der Waals surface area contributed by atoms with E-state index in [2.05, 4.69) is 10.4 Å². The minimum atomic E-state index is -1.09. The number of carboxylic acid groups (broad SMARTS) is 1. The molecule has 32 heavy (non-hydrogen) atoms. The summed E-state index contributed by atoms with van der Waals surface area (Å²) in [6.45, 7) is 0.321. The number of carbonyl (C=O) groups excluding carboxylic acids is 1. The molecule has 1 aromatic heterocycles. The third kappa shape index (κ3) is 4.16. The number of para-hydroxylation sites is 1. The van der Waals surface area contributed by atoms with Gasteiger partial charge in [0.25, 0.3) is 5.91 Å². The van der Waals surface area contributed by atoms with E-state index in [1.165, 1.54) is 7.11 Å². The lowest BCUT2D eigenvalue weighted by Gasteiger charge is -2.11. The summed E-state index contributed by atoms with van der Waals surface area (Å²) in [7, 11) is 1.52. The van der Waals surface area contributed by atoms with Crippen LogP contribution in [0.4, 0.5) is 5.82 Å². The monoisotopic (exact) mass is 434 g/mol. The first kappa shape index (κ1) is 21.4. The van der Waals surface area contributed by atoms with E-state index in [-0.39, 0.29) is 23.3 Å². The normalized spacial score (nSPS) is 13.8. The van der Waals surface area contributed by atoms with Crippen LogP contribution in [0.15, 0.2) is 48.5 Å². The van der Waals surface area contributed by atoms with Crippen LogP contribution in [0.3, 0.4) is 0 Å². The standard InChI is InChI=1S/C24H26N4O4/c1-32-19-9-5-4-8-18(19)23(29)26-14-15-10-12-16(13-11-15)21-20(24(30)31)22(25)28(27-21)17-6-2-3-7-17/h4-5,8-13,17H,2-3,6-7,14,25H2,1H3,(H,26,29)(H,30,31). The predicted octanol–water partition coefficient (Wildman–Crippen LogP) is 3.88. The summed E-state index contributed by atoms with van der Waals surface area (Å²) in [5, 5.41) is 17.2. The number of nitrogen functional groups attached to an aromatic ring is 1. The Hall–Kier alpha value is -3.81. The number of anilines is 1. The molecule has 0 atom stereocenters. The first-order valence-electron chi connectivity index (χ1n) is 10.6. The second-order valence-corrected chi connectivity index (χ2v) is 7.88. The number of methoxy groups -OCH3 is 1. The summed E-state index contributed by atoms with van der Waals surface area (Å²) >= 11 is 0. The van der Waals surface area contributed by atoms with Gasteiger partial charge in [-0.15, -0.1) is 0 Å². The fourth-order valence-electron chi connectivity index (χ4n) is 4.18. The Labute approximate surface area is 186 Å². The summed E-state index contributed by atoms with van der Waals surface area (Å²) in [6.07, 6.45) is 4.10. The zero-order chi connectivity index (χ0) is 22.7. The van der Waals surface area contributed by atoms with Crippen molar-refractivity contribution in [2.45, 2.75) is 38.3 Å². The average Bonchev–Trinajstić information content (AvgIpc) is 3.45. The van der Waals surface area contributed by atoms with Crippen molar-refractivity contribution in [2.24, 2.45) is 0 Å². The van der Waals surface area contributed by atoms with Gasteiger partial charge in [-0.3, -0.25) is 4.79 Å². The van der Waals surface area contributed by atoms with Gasteiger partial charge in [0.2, 0.25) is 0 Å². The summed E-state index contributed by atoms with van der Waals surface area (Å²) in [4.78, 5) is 24.4. The number of hydrogen-bond acceptors (Lipinski definition) is 5. The quantitative estimate of drug-likeness (QED) is 0.519. The molecule has 0 unspecified atom stereocenters. The number of amides is 1. The van der Waals surface area contributed by atoms with Crippen molar-refractivity contribution >= 4 is 17.7 Å². The van der Waals surface area contributed by atoms with Crippen molar-refractivity contribution in [1.29, 1.82) is 0 Å². The highest BCUT2D eigenvalue weighted by Gasteiger charge is 2.27. The second kappa shape index (κ2) is 9.13. The molecule has 1 fully saturated rings. The number of rotatable bonds is 7. The Balaban J connectivity index is 1.52. The zero-order valence-electron chi connectivity index (χ0n) is 17.9. The van der Waals surface area contributed by atoms with Gasteiger partial charge in [-0.1, -0.05) is 49.2 Å². The molecule has 1 amide bonds. The van der Waals surface area contributed by atoms with E-state index >= 15 is 0 Å². The maximum absolute atomic E-state index is 12.5. The van der Waals surface area contributed by atoms with Gasteiger partial charge in [-0.05, 0) is 30.5 Å². The SMILES string of the molecule is COc1ccccc1C(=O)NCc1ccc(-c2nn(C3CCCC3)c(N)c2C(=O)O)cc1. The van der Waals surface area contributed by atoms with Crippen molar-refractivity contribution < 1.29 is 19.4 Å². The molecular weight excluding hydrogens is 408 g/mol. The molecule has 2 aromatic carbocycles. The summed E-state index contributed by atoms with van der Waals surface area (Å²) < 4.78 is 6.91. The highest BCUT2D eigenvalue weighted by atomic mass is 16.5. The number of nitrogens with one attached hydrogen (secondary N) is 1. The Kier molecular flexibility index (Phi) is 6.11. The van der Waals surface area contributed by atoms with Crippen molar-refractivity contribution in [1.82, 2.24) is 15.1 Å². The van der Waals surface area contributed by atoms with Gasteiger partial charge < -0.3 is 20.9 Å². The summed E-state index contributed by atoms with van der Waals surface area (Å²) in [5.41, 5.74) is 8.59. The molecule has 0 radical (unpaired) electrons. The Morgan fingerprint density at radius 1 is 1.16 bits per heavy atom. The number of aromatic nitrogens is 2. The molecule has 4 rings (SSSR count). The first-order valence-corrected chi connectivity index (χ1v) is 10.6.